The molecule has 2 aromatic rings. The molecule has 5 nitrogen and oxygen atoms in total. The molecule has 1 amide bonds. The molecule has 0 bridgehead atoms. The number of carbonyl (C=O) groups is 1. The quantitative estimate of drug-likeness (QED) is 0.859. The monoisotopic (exact) mass is 297 g/mol. The summed E-state index contributed by atoms with van der Waals surface area (Å²) in [6, 6.07) is 13.5. The molecule has 1 saturated carbocycles. The maximum Gasteiger partial charge on any atom is 0.408 e. The van der Waals surface area contributed by atoms with E-state index in [4.69, 9.17) is 0 Å². The van der Waals surface area contributed by atoms with Crippen LogP contribution in [0.2, 0.25) is 0 Å². The Kier molecular flexibility index (Phi) is 3.96. The normalized spacial score (nSPS) is 15.1. The number of anilines is 1. The lowest BCUT2D eigenvalue weighted by atomic mass is 10.1. The van der Waals surface area contributed by atoms with Crippen molar-refractivity contribution in [1.29, 1.82) is 0 Å². The third-order valence-corrected chi connectivity index (χ3v) is 4.10. The number of aromatic nitrogens is 1. The van der Waals surface area contributed by atoms with Crippen molar-refractivity contribution in [3.05, 3.63) is 60.4 Å². The number of nitrogens with zero attached hydrogens (tertiary/aromatic N) is 2. The summed E-state index contributed by atoms with van der Waals surface area (Å²) in [5.41, 5.74) is 1.62. The SMILES string of the molecule is O=C(O)N(Cc1ccccc1)C1(CNc2cccnc2)CC1. The van der Waals surface area contributed by atoms with Crippen LogP contribution in [-0.4, -0.2) is 33.2 Å². The van der Waals surface area contributed by atoms with E-state index >= 15 is 0 Å². The van der Waals surface area contributed by atoms with Gasteiger partial charge in [-0.05, 0) is 30.5 Å². The average Bonchev–Trinajstić information content (AvgIpc) is 3.33. The second kappa shape index (κ2) is 6.05. The predicted octanol–water partition coefficient (Wildman–Crippen LogP) is 3.21. The van der Waals surface area contributed by atoms with Crippen LogP contribution in [0.1, 0.15) is 18.4 Å². The fraction of sp³-hybridized carbons (Fsp3) is 0.294. The van der Waals surface area contributed by atoms with Gasteiger partial charge in [-0.1, -0.05) is 30.3 Å². The smallest absolute Gasteiger partial charge is 0.408 e. The molecule has 0 spiro atoms. The van der Waals surface area contributed by atoms with E-state index < -0.39 is 6.09 Å². The summed E-state index contributed by atoms with van der Waals surface area (Å²) >= 11 is 0. The van der Waals surface area contributed by atoms with Gasteiger partial charge in [0.25, 0.3) is 0 Å². The zero-order chi connectivity index (χ0) is 15.4. The summed E-state index contributed by atoms with van der Waals surface area (Å²) in [6.45, 7) is 1.03. The Morgan fingerprint density at radius 1 is 1.23 bits per heavy atom. The number of hydrogen-bond acceptors (Lipinski definition) is 3. The van der Waals surface area contributed by atoms with Gasteiger partial charge in [0.1, 0.15) is 0 Å². The van der Waals surface area contributed by atoms with Crippen LogP contribution in [0.25, 0.3) is 0 Å². The molecule has 1 aromatic heterocycles. The van der Waals surface area contributed by atoms with Crippen LogP contribution in [0.4, 0.5) is 10.5 Å². The molecule has 1 fully saturated rings. The van der Waals surface area contributed by atoms with Gasteiger partial charge in [-0.2, -0.15) is 0 Å². The summed E-state index contributed by atoms with van der Waals surface area (Å²) in [5, 5.41) is 12.9. The second-order valence-corrected chi connectivity index (χ2v) is 5.67. The fourth-order valence-electron chi connectivity index (χ4n) is 2.62. The molecule has 114 valence electrons. The molecule has 3 rings (SSSR count). The zero-order valence-electron chi connectivity index (χ0n) is 12.3. The van der Waals surface area contributed by atoms with Crippen molar-refractivity contribution in [2.75, 3.05) is 11.9 Å². The minimum Gasteiger partial charge on any atom is -0.465 e. The number of benzene rings is 1. The van der Waals surface area contributed by atoms with Crippen molar-refractivity contribution in [3.8, 4) is 0 Å². The van der Waals surface area contributed by atoms with Crippen LogP contribution in [0, 0.1) is 0 Å². The lowest BCUT2D eigenvalue weighted by Gasteiger charge is -2.30. The largest absolute Gasteiger partial charge is 0.465 e. The van der Waals surface area contributed by atoms with Crippen LogP contribution < -0.4 is 5.32 Å². The molecule has 0 atom stereocenters. The topological polar surface area (TPSA) is 65.5 Å². The molecule has 0 unspecified atom stereocenters. The molecule has 0 saturated heterocycles. The van der Waals surface area contributed by atoms with Crippen LogP contribution in [0.3, 0.4) is 0 Å². The Morgan fingerprint density at radius 3 is 2.59 bits per heavy atom. The molecule has 22 heavy (non-hydrogen) atoms. The van der Waals surface area contributed by atoms with E-state index in [9.17, 15) is 9.90 Å². The predicted molar refractivity (Wildman–Crippen MR) is 84.7 cm³/mol. The first-order chi connectivity index (χ1) is 10.7. The van der Waals surface area contributed by atoms with Crippen molar-refractivity contribution in [1.82, 2.24) is 9.88 Å². The van der Waals surface area contributed by atoms with Gasteiger partial charge in [0, 0.05) is 25.5 Å². The highest BCUT2D eigenvalue weighted by Gasteiger charge is 2.50. The van der Waals surface area contributed by atoms with E-state index in [1.807, 2.05) is 42.5 Å². The summed E-state index contributed by atoms with van der Waals surface area (Å²) in [4.78, 5) is 17.3. The number of nitrogens with one attached hydrogen (secondary N) is 1. The summed E-state index contributed by atoms with van der Waals surface area (Å²) < 4.78 is 0. The molecule has 0 radical (unpaired) electrons. The highest BCUT2D eigenvalue weighted by Crippen LogP contribution is 2.42. The Labute approximate surface area is 129 Å². The summed E-state index contributed by atoms with van der Waals surface area (Å²) in [7, 11) is 0. The zero-order valence-corrected chi connectivity index (χ0v) is 12.3. The van der Waals surface area contributed by atoms with Crippen LogP contribution >= 0.6 is 0 Å². The average molecular weight is 297 g/mol. The van der Waals surface area contributed by atoms with Gasteiger partial charge in [-0.15, -0.1) is 0 Å². The van der Waals surface area contributed by atoms with Gasteiger partial charge < -0.3 is 10.4 Å². The third kappa shape index (κ3) is 3.19. The Bertz CT molecular complexity index is 627. The van der Waals surface area contributed by atoms with Gasteiger partial charge in [0.15, 0.2) is 0 Å². The van der Waals surface area contributed by atoms with Crippen molar-refractivity contribution in [2.45, 2.75) is 24.9 Å². The first-order valence-electron chi connectivity index (χ1n) is 7.38. The number of rotatable bonds is 6. The molecule has 1 aliphatic rings. The number of hydrogen-bond donors (Lipinski definition) is 2. The van der Waals surface area contributed by atoms with Gasteiger partial charge in [0.2, 0.25) is 0 Å². The fourth-order valence-corrected chi connectivity index (χ4v) is 2.62. The van der Waals surface area contributed by atoms with Gasteiger partial charge in [0.05, 0.1) is 11.2 Å². The highest BCUT2D eigenvalue weighted by atomic mass is 16.4. The molecule has 1 heterocycles. The van der Waals surface area contributed by atoms with Crippen LogP contribution in [0.5, 0.6) is 0 Å². The lowest BCUT2D eigenvalue weighted by Crippen LogP contribution is -2.45. The van der Waals surface area contributed by atoms with Crippen molar-refractivity contribution in [3.63, 3.8) is 0 Å². The number of amides is 1. The second-order valence-electron chi connectivity index (χ2n) is 5.67. The number of carboxylic acid groups (broad SMARTS) is 1. The van der Waals surface area contributed by atoms with Crippen molar-refractivity contribution in [2.24, 2.45) is 0 Å². The van der Waals surface area contributed by atoms with Gasteiger partial charge in [-0.25, -0.2) is 4.79 Å². The van der Waals surface area contributed by atoms with Gasteiger partial charge in [-0.3, -0.25) is 9.88 Å². The van der Waals surface area contributed by atoms with E-state index in [0.717, 1.165) is 24.1 Å². The van der Waals surface area contributed by atoms with E-state index in [1.54, 1.807) is 17.3 Å². The first kappa shape index (κ1) is 14.4. The summed E-state index contributed by atoms with van der Waals surface area (Å²) in [6.07, 6.45) is 4.38. The molecular formula is C17H19N3O2. The van der Waals surface area contributed by atoms with E-state index in [2.05, 4.69) is 10.3 Å². The van der Waals surface area contributed by atoms with Crippen molar-refractivity contribution < 1.29 is 9.90 Å². The summed E-state index contributed by atoms with van der Waals surface area (Å²) in [5.74, 6) is 0. The molecule has 1 aliphatic carbocycles. The van der Waals surface area contributed by atoms with Crippen LogP contribution in [-0.2, 0) is 6.54 Å². The standard InChI is InChI=1S/C17H19N3O2/c21-16(22)20(12-14-5-2-1-3-6-14)17(8-9-17)13-19-15-7-4-10-18-11-15/h1-7,10-11,19H,8-9,12-13H2,(H,21,22). The molecule has 0 aliphatic heterocycles. The molecular weight excluding hydrogens is 278 g/mol. The molecule has 1 aromatic carbocycles. The maximum atomic E-state index is 11.7. The minimum absolute atomic E-state index is 0.308. The van der Waals surface area contributed by atoms with Gasteiger partial charge >= 0.3 is 6.09 Å². The number of pyridine rings is 1. The van der Waals surface area contributed by atoms with E-state index in [1.165, 1.54) is 0 Å². The Balaban J connectivity index is 1.69. The lowest BCUT2D eigenvalue weighted by molar-refractivity contribution is 0.116. The Hall–Kier alpha value is -2.56. The Morgan fingerprint density at radius 2 is 2.00 bits per heavy atom. The highest BCUT2D eigenvalue weighted by molar-refractivity contribution is 5.67. The van der Waals surface area contributed by atoms with Crippen LogP contribution in [0.15, 0.2) is 54.9 Å². The first-order valence-corrected chi connectivity index (χ1v) is 7.38. The molecule has 5 heteroatoms. The minimum atomic E-state index is -0.866. The maximum absolute atomic E-state index is 11.7. The van der Waals surface area contributed by atoms with E-state index in [-0.39, 0.29) is 5.54 Å². The molecule has 2 N–H and O–H groups in total. The van der Waals surface area contributed by atoms with Crippen molar-refractivity contribution >= 4 is 11.8 Å². The van der Waals surface area contributed by atoms with E-state index in [0.29, 0.717) is 13.1 Å². The third-order valence-electron chi connectivity index (χ3n) is 4.10.